The van der Waals surface area contributed by atoms with E-state index in [1.165, 1.54) is 12.1 Å². The molecule has 1 amide bonds. The van der Waals surface area contributed by atoms with Crippen LogP contribution in [0.25, 0.3) is 0 Å². The summed E-state index contributed by atoms with van der Waals surface area (Å²) in [5.74, 6) is 0.0603. The standard InChI is InChI=1S/C18H19ClFNO2/c1-11-8-16(9-12(2)18(11)19)23-10-17(22)21-13(3)14-4-6-15(20)7-5-14/h4-9,13H,10H2,1-3H3,(H,21,22)/t13-/m0/s1. The summed E-state index contributed by atoms with van der Waals surface area (Å²) in [6.45, 7) is 5.52. The molecule has 0 aromatic heterocycles. The van der Waals surface area contributed by atoms with Crippen LogP contribution in [0.3, 0.4) is 0 Å². The lowest BCUT2D eigenvalue weighted by atomic mass is 10.1. The number of aryl methyl sites for hydroxylation is 2. The lowest BCUT2D eigenvalue weighted by molar-refractivity contribution is -0.123. The van der Waals surface area contributed by atoms with Crippen LogP contribution in [0.2, 0.25) is 5.02 Å². The molecule has 122 valence electrons. The highest BCUT2D eigenvalue weighted by atomic mass is 35.5. The molecule has 0 radical (unpaired) electrons. The number of hydrogen-bond acceptors (Lipinski definition) is 2. The minimum atomic E-state index is -0.302. The summed E-state index contributed by atoms with van der Waals surface area (Å²) in [6, 6.07) is 9.40. The number of carbonyl (C=O) groups excluding carboxylic acids is 1. The van der Waals surface area contributed by atoms with Gasteiger partial charge < -0.3 is 10.1 Å². The van der Waals surface area contributed by atoms with Gasteiger partial charge in [-0.25, -0.2) is 4.39 Å². The van der Waals surface area contributed by atoms with Crippen LogP contribution >= 0.6 is 11.6 Å². The van der Waals surface area contributed by atoms with Gasteiger partial charge >= 0.3 is 0 Å². The zero-order chi connectivity index (χ0) is 17.0. The molecule has 0 aliphatic carbocycles. The van der Waals surface area contributed by atoms with Crippen LogP contribution in [-0.4, -0.2) is 12.5 Å². The molecule has 0 heterocycles. The molecule has 2 aromatic rings. The molecule has 0 unspecified atom stereocenters. The zero-order valence-electron chi connectivity index (χ0n) is 13.3. The topological polar surface area (TPSA) is 38.3 Å². The summed E-state index contributed by atoms with van der Waals surface area (Å²) < 4.78 is 18.4. The van der Waals surface area contributed by atoms with Gasteiger partial charge in [0.2, 0.25) is 0 Å². The number of ether oxygens (including phenoxy) is 1. The summed E-state index contributed by atoms with van der Waals surface area (Å²) >= 11 is 6.10. The highest BCUT2D eigenvalue weighted by molar-refractivity contribution is 6.32. The molecule has 0 spiro atoms. The molecule has 0 aliphatic rings. The molecule has 2 rings (SSSR count). The second-order valence-electron chi connectivity index (χ2n) is 5.50. The number of halogens is 2. The van der Waals surface area contributed by atoms with Crippen molar-refractivity contribution in [1.29, 1.82) is 0 Å². The number of carbonyl (C=O) groups is 1. The van der Waals surface area contributed by atoms with Crippen LogP contribution in [0.4, 0.5) is 4.39 Å². The van der Waals surface area contributed by atoms with E-state index >= 15 is 0 Å². The van der Waals surface area contributed by atoms with Crippen molar-refractivity contribution in [3.8, 4) is 5.75 Å². The maximum Gasteiger partial charge on any atom is 0.258 e. The van der Waals surface area contributed by atoms with Crippen molar-refractivity contribution >= 4 is 17.5 Å². The number of amides is 1. The molecule has 1 N–H and O–H groups in total. The van der Waals surface area contributed by atoms with Gasteiger partial charge in [0.05, 0.1) is 6.04 Å². The zero-order valence-corrected chi connectivity index (χ0v) is 14.1. The molecule has 0 bridgehead atoms. The van der Waals surface area contributed by atoms with Crippen molar-refractivity contribution in [2.75, 3.05) is 6.61 Å². The monoisotopic (exact) mass is 335 g/mol. The van der Waals surface area contributed by atoms with Gasteiger partial charge in [-0.2, -0.15) is 0 Å². The number of nitrogens with one attached hydrogen (secondary N) is 1. The highest BCUT2D eigenvalue weighted by Gasteiger charge is 2.11. The predicted octanol–water partition coefficient (Wildman–Crippen LogP) is 4.35. The van der Waals surface area contributed by atoms with Gasteiger partial charge in [-0.05, 0) is 61.7 Å². The van der Waals surface area contributed by atoms with Gasteiger partial charge in [0, 0.05) is 5.02 Å². The van der Waals surface area contributed by atoms with E-state index in [1.807, 2.05) is 20.8 Å². The lowest BCUT2D eigenvalue weighted by Crippen LogP contribution is -2.31. The van der Waals surface area contributed by atoms with Crippen LogP contribution in [-0.2, 0) is 4.79 Å². The van der Waals surface area contributed by atoms with E-state index in [9.17, 15) is 9.18 Å². The smallest absolute Gasteiger partial charge is 0.258 e. The first-order chi connectivity index (χ1) is 10.9. The molecule has 2 aromatic carbocycles. The molecule has 0 fully saturated rings. The molecular weight excluding hydrogens is 317 g/mol. The Morgan fingerprint density at radius 3 is 2.35 bits per heavy atom. The average Bonchev–Trinajstić information content (AvgIpc) is 2.51. The summed E-state index contributed by atoms with van der Waals surface area (Å²) in [5.41, 5.74) is 2.64. The second-order valence-corrected chi connectivity index (χ2v) is 5.88. The van der Waals surface area contributed by atoms with E-state index in [-0.39, 0.29) is 24.4 Å². The van der Waals surface area contributed by atoms with Crippen LogP contribution < -0.4 is 10.1 Å². The van der Waals surface area contributed by atoms with Gasteiger partial charge in [-0.1, -0.05) is 23.7 Å². The highest BCUT2D eigenvalue weighted by Crippen LogP contribution is 2.25. The average molecular weight is 336 g/mol. The van der Waals surface area contributed by atoms with Crippen molar-refractivity contribution in [1.82, 2.24) is 5.32 Å². The fraction of sp³-hybridized carbons (Fsp3) is 0.278. The number of benzene rings is 2. The largest absolute Gasteiger partial charge is 0.484 e. The maximum absolute atomic E-state index is 12.9. The van der Waals surface area contributed by atoms with Gasteiger partial charge in [0.1, 0.15) is 11.6 Å². The first-order valence-electron chi connectivity index (χ1n) is 7.31. The molecule has 5 heteroatoms. The number of hydrogen-bond donors (Lipinski definition) is 1. The second kappa shape index (κ2) is 7.47. The third-order valence-electron chi connectivity index (χ3n) is 3.53. The fourth-order valence-corrected chi connectivity index (χ4v) is 2.37. The minimum absolute atomic E-state index is 0.0912. The first kappa shape index (κ1) is 17.3. The van der Waals surface area contributed by atoms with E-state index < -0.39 is 0 Å². The summed E-state index contributed by atoms with van der Waals surface area (Å²) in [6.07, 6.45) is 0. The molecular formula is C18H19ClFNO2. The third-order valence-corrected chi connectivity index (χ3v) is 4.12. The summed E-state index contributed by atoms with van der Waals surface area (Å²) in [5, 5.41) is 3.51. The summed E-state index contributed by atoms with van der Waals surface area (Å²) in [4.78, 5) is 12.0. The fourth-order valence-electron chi connectivity index (χ4n) is 2.26. The Bertz CT molecular complexity index is 678. The van der Waals surface area contributed by atoms with Crippen molar-refractivity contribution in [2.45, 2.75) is 26.8 Å². The van der Waals surface area contributed by atoms with Gasteiger partial charge in [-0.3, -0.25) is 4.79 Å². The molecule has 3 nitrogen and oxygen atoms in total. The molecule has 0 saturated heterocycles. The van der Waals surface area contributed by atoms with Crippen LogP contribution in [0, 0.1) is 19.7 Å². The Balaban J connectivity index is 1.91. The Morgan fingerprint density at radius 2 is 1.78 bits per heavy atom. The van der Waals surface area contributed by atoms with E-state index in [0.29, 0.717) is 10.8 Å². The summed E-state index contributed by atoms with van der Waals surface area (Å²) in [7, 11) is 0. The van der Waals surface area contributed by atoms with E-state index in [2.05, 4.69) is 5.32 Å². The molecule has 0 aliphatic heterocycles. The van der Waals surface area contributed by atoms with E-state index in [4.69, 9.17) is 16.3 Å². The van der Waals surface area contributed by atoms with Crippen LogP contribution in [0.5, 0.6) is 5.75 Å². The Hall–Kier alpha value is -2.07. The molecule has 1 atom stereocenters. The first-order valence-corrected chi connectivity index (χ1v) is 7.69. The Morgan fingerprint density at radius 1 is 1.22 bits per heavy atom. The van der Waals surface area contributed by atoms with Gasteiger partial charge in [-0.15, -0.1) is 0 Å². The van der Waals surface area contributed by atoms with Crippen molar-refractivity contribution in [3.05, 3.63) is 63.9 Å². The van der Waals surface area contributed by atoms with Crippen LogP contribution in [0.15, 0.2) is 36.4 Å². The Kier molecular flexibility index (Phi) is 5.61. The molecule has 23 heavy (non-hydrogen) atoms. The number of rotatable bonds is 5. The van der Waals surface area contributed by atoms with Crippen molar-refractivity contribution in [2.24, 2.45) is 0 Å². The Labute approximate surface area is 140 Å². The van der Waals surface area contributed by atoms with E-state index in [0.717, 1.165) is 16.7 Å². The quantitative estimate of drug-likeness (QED) is 0.882. The minimum Gasteiger partial charge on any atom is -0.484 e. The van der Waals surface area contributed by atoms with E-state index in [1.54, 1.807) is 24.3 Å². The SMILES string of the molecule is Cc1cc(OCC(=O)N[C@@H](C)c2ccc(F)cc2)cc(C)c1Cl. The van der Waals surface area contributed by atoms with Crippen molar-refractivity contribution in [3.63, 3.8) is 0 Å². The predicted molar refractivity (Wildman–Crippen MR) is 89.4 cm³/mol. The lowest BCUT2D eigenvalue weighted by Gasteiger charge is -2.15. The maximum atomic E-state index is 12.9. The van der Waals surface area contributed by atoms with Gasteiger partial charge in [0.25, 0.3) is 5.91 Å². The van der Waals surface area contributed by atoms with Crippen LogP contribution in [0.1, 0.15) is 29.7 Å². The molecule has 0 saturated carbocycles. The van der Waals surface area contributed by atoms with Crippen molar-refractivity contribution < 1.29 is 13.9 Å². The third kappa shape index (κ3) is 4.70. The van der Waals surface area contributed by atoms with Gasteiger partial charge in [0.15, 0.2) is 6.61 Å². The normalized spacial score (nSPS) is 11.9.